The van der Waals surface area contributed by atoms with Crippen LogP contribution in [0.25, 0.3) is 0 Å². The van der Waals surface area contributed by atoms with E-state index in [0.29, 0.717) is 11.2 Å². The van der Waals surface area contributed by atoms with Crippen LogP contribution in [0.3, 0.4) is 0 Å². The molecule has 1 aliphatic heterocycles. The Labute approximate surface area is 120 Å². The van der Waals surface area contributed by atoms with E-state index in [-0.39, 0.29) is 24.8 Å². The van der Waals surface area contributed by atoms with Gasteiger partial charge in [0.1, 0.15) is 5.15 Å². The molecule has 1 fully saturated rings. The number of aromatic nitrogens is 1. The zero-order chi connectivity index (χ0) is 10.7. The molecule has 2 N–H and O–H groups in total. The number of hydrogen-bond acceptors (Lipinski definition) is 3. The van der Waals surface area contributed by atoms with E-state index in [1.54, 1.807) is 0 Å². The number of rotatable bonds is 2. The lowest BCUT2D eigenvalue weighted by Crippen LogP contribution is -2.39. The summed E-state index contributed by atoms with van der Waals surface area (Å²) in [4.78, 5) is 6.48. The number of pyridine rings is 1. The van der Waals surface area contributed by atoms with Crippen molar-refractivity contribution in [3.05, 3.63) is 29.0 Å². The minimum atomic E-state index is 0. The Balaban J connectivity index is 0.00000128. The van der Waals surface area contributed by atoms with Crippen LogP contribution < -0.4 is 5.73 Å². The van der Waals surface area contributed by atoms with Crippen molar-refractivity contribution >= 4 is 36.4 Å². The first-order valence-corrected chi connectivity index (χ1v) is 5.70. The van der Waals surface area contributed by atoms with Gasteiger partial charge in [0.15, 0.2) is 0 Å². The minimum Gasteiger partial charge on any atom is -0.328 e. The average Bonchev–Trinajstić information content (AvgIpc) is 2.25. The fourth-order valence-corrected chi connectivity index (χ4v) is 1.98. The summed E-state index contributed by atoms with van der Waals surface area (Å²) in [7, 11) is 0. The molecule has 1 saturated heterocycles. The van der Waals surface area contributed by atoms with Crippen LogP contribution in [-0.2, 0) is 6.54 Å². The second kappa shape index (κ2) is 8.11. The van der Waals surface area contributed by atoms with Gasteiger partial charge in [0.05, 0.1) is 0 Å². The molecule has 0 saturated carbocycles. The SMILES string of the molecule is Cl.Cl.NC1CCN(Cc2ccc(Cl)nc2)CC1. The van der Waals surface area contributed by atoms with Crippen LogP contribution in [0.4, 0.5) is 0 Å². The summed E-state index contributed by atoms with van der Waals surface area (Å²) in [5.41, 5.74) is 7.07. The van der Waals surface area contributed by atoms with Crippen molar-refractivity contribution in [2.24, 2.45) is 5.73 Å². The Morgan fingerprint density at radius 1 is 1.29 bits per heavy atom. The molecule has 1 aliphatic rings. The molecule has 3 nitrogen and oxygen atoms in total. The molecule has 1 aromatic rings. The largest absolute Gasteiger partial charge is 0.328 e. The first kappa shape index (κ1) is 16.9. The first-order valence-electron chi connectivity index (χ1n) is 5.32. The number of nitrogens with zero attached hydrogens (tertiary/aromatic N) is 2. The molecule has 0 aromatic carbocycles. The normalized spacial score (nSPS) is 17.1. The van der Waals surface area contributed by atoms with Gasteiger partial charge in [-0.15, -0.1) is 24.8 Å². The van der Waals surface area contributed by atoms with Gasteiger partial charge >= 0.3 is 0 Å². The van der Waals surface area contributed by atoms with E-state index in [2.05, 4.69) is 9.88 Å². The highest BCUT2D eigenvalue weighted by molar-refractivity contribution is 6.29. The van der Waals surface area contributed by atoms with Crippen LogP contribution in [0.15, 0.2) is 18.3 Å². The summed E-state index contributed by atoms with van der Waals surface area (Å²) < 4.78 is 0. The Bertz CT molecular complexity index is 310. The summed E-state index contributed by atoms with van der Waals surface area (Å²) in [5.74, 6) is 0. The van der Waals surface area contributed by atoms with Gasteiger partial charge in [-0.05, 0) is 37.6 Å². The molecule has 0 spiro atoms. The molecule has 2 heterocycles. The van der Waals surface area contributed by atoms with Gasteiger partial charge in [-0.25, -0.2) is 4.98 Å². The lowest BCUT2D eigenvalue weighted by atomic mass is 10.1. The van der Waals surface area contributed by atoms with Crippen LogP contribution in [0.5, 0.6) is 0 Å². The molecule has 17 heavy (non-hydrogen) atoms. The van der Waals surface area contributed by atoms with Gasteiger partial charge in [0.25, 0.3) is 0 Å². The molecular weight excluding hydrogens is 281 g/mol. The lowest BCUT2D eigenvalue weighted by Gasteiger charge is -2.29. The topological polar surface area (TPSA) is 42.1 Å². The van der Waals surface area contributed by atoms with E-state index in [1.807, 2.05) is 18.3 Å². The quantitative estimate of drug-likeness (QED) is 0.853. The van der Waals surface area contributed by atoms with Gasteiger partial charge in [-0.1, -0.05) is 17.7 Å². The van der Waals surface area contributed by atoms with Crippen molar-refractivity contribution in [3.8, 4) is 0 Å². The molecule has 0 atom stereocenters. The maximum absolute atomic E-state index is 5.85. The van der Waals surface area contributed by atoms with Crippen molar-refractivity contribution in [1.82, 2.24) is 9.88 Å². The van der Waals surface area contributed by atoms with Gasteiger partial charge in [-0.2, -0.15) is 0 Å². The monoisotopic (exact) mass is 297 g/mol. The lowest BCUT2D eigenvalue weighted by molar-refractivity contribution is 0.205. The predicted molar refractivity (Wildman–Crippen MR) is 76.2 cm³/mol. The van der Waals surface area contributed by atoms with E-state index in [1.165, 1.54) is 5.56 Å². The van der Waals surface area contributed by atoms with Crippen LogP contribution in [0.1, 0.15) is 18.4 Å². The summed E-state index contributed by atoms with van der Waals surface area (Å²) in [6.45, 7) is 3.13. The highest BCUT2D eigenvalue weighted by Gasteiger charge is 2.15. The third kappa shape index (κ3) is 5.40. The Morgan fingerprint density at radius 2 is 1.94 bits per heavy atom. The average molecular weight is 299 g/mol. The zero-order valence-corrected chi connectivity index (χ0v) is 11.9. The third-order valence-electron chi connectivity index (χ3n) is 2.83. The fourth-order valence-electron chi connectivity index (χ4n) is 1.87. The van der Waals surface area contributed by atoms with E-state index in [9.17, 15) is 0 Å². The van der Waals surface area contributed by atoms with E-state index in [4.69, 9.17) is 17.3 Å². The highest BCUT2D eigenvalue weighted by Crippen LogP contribution is 2.13. The summed E-state index contributed by atoms with van der Waals surface area (Å²) in [5, 5.41) is 0.555. The number of piperidine rings is 1. The molecule has 0 amide bonds. The maximum atomic E-state index is 5.85. The van der Waals surface area contributed by atoms with E-state index < -0.39 is 0 Å². The van der Waals surface area contributed by atoms with Crippen molar-refractivity contribution < 1.29 is 0 Å². The number of likely N-dealkylation sites (tertiary alicyclic amines) is 1. The fraction of sp³-hybridized carbons (Fsp3) is 0.545. The summed E-state index contributed by atoms with van der Waals surface area (Å²) in [6, 6.07) is 4.26. The van der Waals surface area contributed by atoms with Crippen molar-refractivity contribution in [2.75, 3.05) is 13.1 Å². The molecule has 0 radical (unpaired) electrons. The Hall–Kier alpha value is -0.0600. The number of nitrogens with two attached hydrogens (primary N) is 1. The number of hydrogen-bond donors (Lipinski definition) is 1. The smallest absolute Gasteiger partial charge is 0.129 e. The Morgan fingerprint density at radius 3 is 2.47 bits per heavy atom. The molecule has 0 bridgehead atoms. The molecule has 98 valence electrons. The molecular formula is C11H18Cl3N3. The first-order chi connectivity index (χ1) is 7.24. The molecule has 6 heteroatoms. The van der Waals surface area contributed by atoms with E-state index >= 15 is 0 Å². The van der Waals surface area contributed by atoms with E-state index in [0.717, 1.165) is 32.5 Å². The van der Waals surface area contributed by atoms with Crippen molar-refractivity contribution in [3.63, 3.8) is 0 Å². The second-order valence-electron chi connectivity index (χ2n) is 4.10. The van der Waals surface area contributed by atoms with Gasteiger partial charge in [0.2, 0.25) is 0 Å². The van der Waals surface area contributed by atoms with Crippen LogP contribution in [-0.4, -0.2) is 29.0 Å². The molecule has 1 aromatic heterocycles. The van der Waals surface area contributed by atoms with Crippen LogP contribution >= 0.6 is 36.4 Å². The second-order valence-corrected chi connectivity index (χ2v) is 4.49. The van der Waals surface area contributed by atoms with Crippen molar-refractivity contribution in [1.29, 1.82) is 0 Å². The van der Waals surface area contributed by atoms with Gasteiger partial charge in [0, 0.05) is 18.8 Å². The predicted octanol–water partition coefficient (Wildman–Crippen LogP) is 2.50. The Kier molecular flexibility index (Phi) is 8.09. The van der Waals surface area contributed by atoms with Gasteiger partial charge in [-0.3, -0.25) is 4.90 Å². The third-order valence-corrected chi connectivity index (χ3v) is 3.05. The molecule has 0 unspecified atom stereocenters. The molecule has 0 aliphatic carbocycles. The van der Waals surface area contributed by atoms with Crippen molar-refractivity contribution in [2.45, 2.75) is 25.4 Å². The summed E-state index contributed by atoms with van der Waals surface area (Å²) >= 11 is 5.73. The highest BCUT2D eigenvalue weighted by atomic mass is 35.5. The van der Waals surface area contributed by atoms with Gasteiger partial charge < -0.3 is 5.73 Å². The zero-order valence-electron chi connectivity index (χ0n) is 9.51. The maximum Gasteiger partial charge on any atom is 0.129 e. The van der Waals surface area contributed by atoms with Crippen LogP contribution in [0, 0.1) is 0 Å². The molecule has 2 rings (SSSR count). The number of halogens is 3. The minimum absolute atomic E-state index is 0. The van der Waals surface area contributed by atoms with Crippen LogP contribution in [0.2, 0.25) is 5.15 Å². The standard InChI is InChI=1S/C11H16ClN3.2ClH/c12-11-2-1-9(7-14-11)8-15-5-3-10(13)4-6-15;;/h1-2,7,10H,3-6,8,13H2;2*1H. The summed E-state index contributed by atoms with van der Waals surface area (Å²) in [6.07, 6.45) is 4.04.